The lowest BCUT2D eigenvalue weighted by molar-refractivity contribution is -0.112. The van der Waals surface area contributed by atoms with Gasteiger partial charge in [-0.05, 0) is 30.5 Å². The van der Waals surface area contributed by atoms with Gasteiger partial charge in [0, 0.05) is 23.5 Å². The van der Waals surface area contributed by atoms with Gasteiger partial charge in [-0.3, -0.25) is 4.79 Å². The van der Waals surface area contributed by atoms with Gasteiger partial charge in [-0.2, -0.15) is 5.26 Å². The molecule has 2 rings (SSSR count). The summed E-state index contributed by atoms with van der Waals surface area (Å²) in [7, 11) is 0. The molecule has 5 nitrogen and oxygen atoms in total. The van der Waals surface area contributed by atoms with Crippen molar-refractivity contribution in [3.05, 3.63) is 53.2 Å². The van der Waals surface area contributed by atoms with Crippen LogP contribution in [0.15, 0.2) is 47.6 Å². The number of thiazole rings is 1. The zero-order valence-corrected chi connectivity index (χ0v) is 13.7. The van der Waals surface area contributed by atoms with Crippen molar-refractivity contribution >= 4 is 28.1 Å². The third kappa shape index (κ3) is 5.24. The molecule has 0 aliphatic rings. The average molecular weight is 326 g/mol. The molecule has 23 heavy (non-hydrogen) atoms. The molecule has 6 heteroatoms. The molecule has 0 aliphatic heterocycles. The van der Waals surface area contributed by atoms with Crippen LogP contribution < -0.4 is 10.6 Å². The molecule has 2 aromatic rings. The van der Waals surface area contributed by atoms with Crippen LogP contribution in [0, 0.1) is 11.3 Å². The van der Waals surface area contributed by atoms with Crippen LogP contribution in [-0.4, -0.2) is 10.9 Å². The van der Waals surface area contributed by atoms with Crippen molar-refractivity contribution in [3.63, 3.8) is 0 Å². The summed E-state index contributed by atoms with van der Waals surface area (Å²) in [6.45, 7) is 2.16. The number of carbonyl (C=O) groups is 1. The first-order valence-corrected chi connectivity index (χ1v) is 8.27. The Kier molecular flexibility index (Phi) is 6.33. The van der Waals surface area contributed by atoms with Gasteiger partial charge in [0.25, 0.3) is 5.91 Å². The molecule has 0 saturated carbocycles. The molecule has 2 N–H and O–H groups in total. The number of nitriles is 1. The van der Waals surface area contributed by atoms with Gasteiger partial charge in [-0.1, -0.05) is 25.5 Å². The smallest absolute Gasteiger partial charge is 0.267 e. The van der Waals surface area contributed by atoms with E-state index in [4.69, 9.17) is 5.26 Å². The van der Waals surface area contributed by atoms with Gasteiger partial charge < -0.3 is 10.6 Å². The fraction of sp³-hybridized carbons (Fsp3) is 0.235. The number of nitrogens with one attached hydrogen (secondary N) is 2. The molecule has 0 fully saturated rings. The Balaban J connectivity index is 1.96. The third-order valence-corrected chi connectivity index (χ3v) is 3.87. The van der Waals surface area contributed by atoms with Crippen LogP contribution in [0.25, 0.3) is 0 Å². The second kappa shape index (κ2) is 8.71. The maximum Gasteiger partial charge on any atom is 0.267 e. The molecular formula is C17H18N4OS. The first-order valence-electron chi connectivity index (χ1n) is 7.39. The van der Waals surface area contributed by atoms with Crippen LogP contribution >= 0.6 is 11.3 Å². The van der Waals surface area contributed by atoms with Crippen LogP contribution in [0.4, 0.5) is 10.8 Å². The first-order chi connectivity index (χ1) is 11.2. The van der Waals surface area contributed by atoms with Gasteiger partial charge in [-0.25, -0.2) is 4.98 Å². The quantitative estimate of drug-likeness (QED) is 0.596. The van der Waals surface area contributed by atoms with E-state index >= 15 is 0 Å². The van der Waals surface area contributed by atoms with Crippen molar-refractivity contribution in [2.24, 2.45) is 0 Å². The predicted molar refractivity (Wildman–Crippen MR) is 93.1 cm³/mol. The number of unbranched alkanes of at least 4 members (excludes halogenated alkanes) is 1. The fourth-order valence-electron chi connectivity index (χ4n) is 1.91. The molecule has 0 saturated heterocycles. The number of nitrogens with zero attached hydrogens (tertiary/aromatic N) is 2. The second-order valence-corrected chi connectivity index (χ2v) is 5.80. The predicted octanol–water partition coefficient (Wildman–Crippen LogP) is 3.94. The molecular weight excluding hydrogens is 308 g/mol. The maximum absolute atomic E-state index is 12.1. The van der Waals surface area contributed by atoms with E-state index in [-0.39, 0.29) is 5.57 Å². The summed E-state index contributed by atoms with van der Waals surface area (Å²) >= 11 is 1.39. The van der Waals surface area contributed by atoms with Gasteiger partial charge in [0.05, 0.1) is 0 Å². The molecule has 0 atom stereocenters. The van der Waals surface area contributed by atoms with Gasteiger partial charge in [-0.15, -0.1) is 11.3 Å². The number of amides is 1. The van der Waals surface area contributed by atoms with Gasteiger partial charge in [0.15, 0.2) is 5.13 Å². The van der Waals surface area contributed by atoms with Crippen molar-refractivity contribution < 1.29 is 4.79 Å². The number of anilines is 2. The Bertz CT molecular complexity index is 699. The van der Waals surface area contributed by atoms with Crippen LogP contribution in [-0.2, 0) is 11.2 Å². The fourth-order valence-corrected chi connectivity index (χ4v) is 2.41. The van der Waals surface area contributed by atoms with Crippen molar-refractivity contribution in [2.75, 3.05) is 10.6 Å². The zero-order valence-electron chi connectivity index (χ0n) is 12.9. The standard InChI is InChI=1S/C17H18N4OS/c1-2-3-4-13-5-7-15(8-6-13)21-16(22)14(11-18)12-20-17-19-9-10-23-17/h5-10,12H,2-4H2,1H3,(H,19,20)(H,21,22)/b14-12-. The van der Waals surface area contributed by atoms with E-state index in [0.29, 0.717) is 10.8 Å². The van der Waals surface area contributed by atoms with Crippen LogP contribution in [0.1, 0.15) is 25.3 Å². The number of rotatable bonds is 7. The highest BCUT2D eigenvalue weighted by atomic mass is 32.1. The lowest BCUT2D eigenvalue weighted by Crippen LogP contribution is -2.14. The second-order valence-electron chi connectivity index (χ2n) is 4.91. The van der Waals surface area contributed by atoms with Gasteiger partial charge in [0.2, 0.25) is 0 Å². The molecule has 0 spiro atoms. The molecule has 0 bridgehead atoms. The molecule has 1 heterocycles. The number of carbonyl (C=O) groups excluding carboxylic acids is 1. The van der Waals surface area contributed by atoms with Crippen LogP contribution in [0.5, 0.6) is 0 Å². The number of hydrogen-bond acceptors (Lipinski definition) is 5. The number of aromatic nitrogens is 1. The molecule has 118 valence electrons. The highest BCUT2D eigenvalue weighted by molar-refractivity contribution is 7.13. The maximum atomic E-state index is 12.1. The molecule has 1 aromatic carbocycles. The van der Waals surface area contributed by atoms with Crippen molar-refractivity contribution in [1.29, 1.82) is 5.26 Å². The van der Waals surface area contributed by atoms with Crippen LogP contribution in [0.2, 0.25) is 0 Å². The SMILES string of the molecule is CCCCc1ccc(NC(=O)/C(C#N)=C\Nc2nccs2)cc1. The Morgan fingerprint density at radius 2 is 2.17 bits per heavy atom. The summed E-state index contributed by atoms with van der Waals surface area (Å²) in [5, 5.41) is 17.1. The monoisotopic (exact) mass is 326 g/mol. The van der Waals surface area contributed by atoms with E-state index in [1.54, 1.807) is 6.20 Å². The summed E-state index contributed by atoms with van der Waals surface area (Å²) in [5.41, 5.74) is 1.91. The topological polar surface area (TPSA) is 77.8 Å². The average Bonchev–Trinajstić information content (AvgIpc) is 3.08. The summed E-state index contributed by atoms with van der Waals surface area (Å²) in [4.78, 5) is 16.1. The van der Waals surface area contributed by atoms with E-state index in [1.165, 1.54) is 23.1 Å². The number of hydrogen-bond donors (Lipinski definition) is 2. The summed E-state index contributed by atoms with van der Waals surface area (Å²) in [6, 6.07) is 9.58. The van der Waals surface area contributed by atoms with Crippen molar-refractivity contribution in [2.45, 2.75) is 26.2 Å². The Morgan fingerprint density at radius 1 is 1.39 bits per heavy atom. The van der Waals surface area contributed by atoms with Crippen molar-refractivity contribution in [1.82, 2.24) is 4.98 Å². The summed E-state index contributed by atoms with van der Waals surface area (Å²) < 4.78 is 0. The lowest BCUT2D eigenvalue weighted by atomic mass is 10.1. The Morgan fingerprint density at radius 3 is 2.78 bits per heavy atom. The summed E-state index contributed by atoms with van der Waals surface area (Å²) in [5.74, 6) is -0.446. The van der Waals surface area contributed by atoms with Gasteiger partial charge >= 0.3 is 0 Å². The van der Waals surface area contributed by atoms with E-state index in [2.05, 4.69) is 22.5 Å². The minimum atomic E-state index is -0.446. The normalized spacial score (nSPS) is 10.9. The minimum absolute atomic E-state index is 0.00439. The Hall–Kier alpha value is -2.65. The number of benzene rings is 1. The number of aryl methyl sites for hydroxylation is 1. The largest absolute Gasteiger partial charge is 0.337 e. The lowest BCUT2D eigenvalue weighted by Gasteiger charge is -2.06. The van der Waals surface area contributed by atoms with E-state index in [0.717, 1.165) is 19.3 Å². The van der Waals surface area contributed by atoms with Gasteiger partial charge in [0.1, 0.15) is 11.6 Å². The minimum Gasteiger partial charge on any atom is -0.337 e. The molecule has 0 radical (unpaired) electrons. The third-order valence-electron chi connectivity index (χ3n) is 3.17. The zero-order chi connectivity index (χ0) is 16.5. The Labute approximate surface area is 139 Å². The first kappa shape index (κ1) is 16.7. The highest BCUT2D eigenvalue weighted by Crippen LogP contribution is 2.14. The van der Waals surface area contributed by atoms with Crippen molar-refractivity contribution in [3.8, 4) is 6.07 Å². The van der Waals surface area contributed by atoms with E-state index in [9.17, 15) is 4.79 Å². The molecule has 1 amide bonds. The summed E-state index contributed by atoms with van der Waals surface area (Å²) in [6.07, 6.45) is 6.35. The van der Waals surface area contributed by atoms with Crippen LogP contribution in [0.3, 0.4) is 0 Å². The molecule has 1 aromatic heterocycles. The molecule has 0 aliphatic carbocycles. The van der Waals surface area contributed by atoms with E-state index in [1.807, 2.05) is 35.7 Å². The van der Waals surface area contributed by atoms with E-state index < -0.39 is 5.91 Å². The molecule has 0 unspecified atom stereocenters. The highest BCUT2D eigenvalue weighted by Gasteiger charge is 2.09.